The Kier molecular flexibility index (Phi) is 4.97. The van der Waals surface area contributed by atoms with E-state index in [9.17, 15) is 14.0 Å². The van der Waals surface area contributed by atoms with E-state index in [1.54, 1.807) is 29.2 Å². The second-order valence-electron chi connectivity index (χ2n) is 6.06. The van der Waals surface area contributed by atoms with E-state index in [1.807, 2.05) is 13.0 Å². The Morgan fingerprint density at radius 2 is 1.92 bits per heavy atom. The molecule has 3 rings (SSSR count). The summed E-state index contributed by atoms with van der Waals surface area (Å²) in [6, 6.07) is 10.8. The van der Waals surface area contributed by atoms with Crippen molar-refractivity contribution in [3.8, 4) is 0 Å². The molecule has 0 spiro atoms. The highest BCUT2D eigenvalue weighted by atomic mass is 19.1. The maximum absolute atomic E-state index is 13.6. The molecule has 6 heteroatoms. The van der Waals surface area contributed by atoms with Gasteiger partial charge in [0.15, 0.2) is 0 Å². The molecular weight excluding hydrogens is 321 g/mol. The molecule has 0 aliphatic carbocycles. The third-order valence-electron chi connectivity index (χ3n) is 4.19. The maximum atomic E-state index is 13.6. The van der Waals surface area contributed by atoms with Crippen LogP contribution in [-0.4, -0.2) is 18.5 Å². The minimum Gasteiger partial charge on any atom is -0.312 e. The van der Waals surface area contributed by atoms with E-state index >= 15 is 0 Å². The van der Waals surface area contributed by atoms with Crippen LogP contribution in [0.1, 0.15) is 24.8 Å². The van der Waals surface area contributed by atoms with Crippen molar-refractivity contribution in [2.24, 2.45) is 0 Å². The summed E-state index contributed by atoms with van der Waals surface area (Å²) in [5, 5.41) is 5.15. The number of hydrogen-bond acceptors (Lipinski definition) is 2. The lowest BCUT2D eigenvalue weighted by molar-refractivity contribution is -0.119. The standard InChI is InChI=1S/C19H20FN3O2/c1-13-12-14(9-10-17(13)23-11-5-4-8-18(23)24)21-19(25)22-16-7-3-2-6-15(16)20/h2-3,6-7,9-10,12H,4-5,8,11H2,1H3,(H2,21,22,25). The lowest BCUT2D eigenvalue weighted by Gasteiger charge is -2.28. The van der Waals surface area contributed by atoms with Gasteiger partial charge in [0.05, 0.1) is 5.69 Å². The van der Waals surface area contributed by atoms with Gasteiger partial charge in [0.1, 0.15) is 5.82 Å². The van der Waals surface area contributed by atoms with E-state index in [4.69, 9.17) is 0 Å². The smallest absolute Gasteiger partial charge is 0.312 e. The highest BCUT2D eigenvalue weighted by Crippen LogP contribution is 2.27. The summed E-state index contributed by atoms with van der Waals surface area (Å²) in [5.41, 5.74) is 2.47. The lowest BCUT2D eigenvalue weighted by Crippen LogP contribution is -2.35. The van der Waals surface area contributed by atoms with Gasteiger partial charge in [-0.05, 0) is 55.7 Å². The first kappa shape index (κ1) is 17.0. The number of rotatable bonds is 3. The number of urea groups is 1. The summed E-state index contributed by atoms with van der Waals surface area (Å²) < 4.78 is 13.6. The average Bonchev–Trinajstić information content (AvgIpc) is 2.58. The number of amides is 3. The molecule has 2 aromatic rings. The van der Waals surface area contributed by atoms with Gasteiger partial charge in [-0.15, -0.1) is 0 Å². The van der Waals surface area contributed by atoms with Crippen molar-refractivity contribution in [2.45, 2.75) is 26.2 Å². The van der Waals surface area contributed by atoms with Crippen LogP contribution in [0.25, 0.3) is 0 Å². The normalized spacial score (nSPS) is 14.3. The summed E-state index contributed by atoms with van der Waals surface area (Å²) in [6.45, 7) is 2.62. The number of benzene rings is 2. The van der Waals surface area contributed by atoms with Gasteiger partial charge in [-0.3, -0.25) is 4.79 Å². The number of nitrogens with zero attached hydrogens (tertiary/aromatic N) is 1. The molecule has 2 N–H and O–H groups in total. The number of carbonyl (C=O) groups excluding carboxylic acids is 2. The van der Waals surface area contributed by atoms with Crippen molar-refractivity contribution >= 4 is 29.0 Å². The Morgan fingerprint density at radius 1 is 1.12 bits per heavy atom. The van der Waals surface area contributed by atoms with Crippen molar-refractivity contribution in [1.29, 1.82) is 0 Å². The van der Waals surface area contributed by atoms with Crippen molar-refractivity contribution in [1.82, 2.24) is 0 Å². The molecule has 0 atom stereocenters. The van der Waals surface area contributed by atoms with Crippen molar-refractivity contribution in [3.05, 3.63) is 53.8 Å². The van der Waals surface area contributed by atoms with Crippen LogP contribution in [0, 0.1) is 12.7 Å². The molecule has 3 amide bonds. The van der Waals surface area contributed by atoms with Crippen molar-refractivity contribution < 1.29 is 14.0 Å². The molecule has 1 heterocycles. The van der Waals surface area contributed by atoms with Gasteiger partial charge in [-0.25, -0.2) is 9.18 Å². The molecule has 0 bridgehead atoms. The van der Waals surface area contributed by atoms with E-state index in [2.05, 4.69) is 10.6 Å². The first-order valence-electron chi connectivity index (χ1n) is 8.28. The van der Waals surface area contributed by atoms with E-state index in [0.717, 1.165) is 30.6 Å². The molecule has 130 valence electrons. The summed E-state index contributed by atoms with van der Waals surface area (Å²) in [6.07, 6.45) is 2.50. The molecule has 0 radical (unpaired) electrons. The molecule has 0 saturated carbocycles. The largest absolute Gasteiger partial charge is 0.323 e. The van der Waals surface area contributed by atoms with E-state index < -0.39 is 11.8 Å². The highest BCUT2D eigenvalue weighted by Gasteiger charge is 2.21. The number of aryl methyl sites for hydroxylation is 1. The molecule has 0 aromatic heterocycles. The Labute approximate surface area is 145 Å². The Hall–Kier alpha value is -2.89. The number of nitrogens with one attached hydrogen (secondary N) is 2. The van der Waals surface area contributed by atoms with Crippen LogP contribution in [0.15, 0.2) is 42.5 Å². The van der Waals surface area contributed by atoms with Gasteiger partial charge in [0.2, 0.25) is 5.91 Å². The Balaban J connectivity index is 1.69. The van der Waals surface area contributed by atoms with Crippen LogP contribution in [0.4, 0.5) is 26.2 Å². The van der Waals surface area contributed by atoms with Crippen LogP contribution < -0.4 is 15.5 Å². The second kappa shape index (κ2) is 7.34. The van der Waals surface area contributed by atoms with E-state index in [0.29, 0.717) is 12.1 Å². The molecule has 1 aliphatic rings. The number of piperidine rings is 1. The SMILES string of the molecule is Cc1cc(NC(=O)Nc2ccccc2F)ccc1N1CCCCC1=O. The van der Waals surface area contributed by atoms with Crippen LogP contribution >= 0.6 is 0 Å². The van der Waals surface area contributed by atoms with Gasteiger partial charge in [-0.2, -0.15) is 0 Å². The fourth-order valence-corrected chi connectivity index (χ4v) is 2.94. The number of para-hydroxylation sites is 1. The number of hydrogen-bond donors (Lipinski definition) is 2. The summed E-state index contributed by atoms with van der Waals surface area (Å²) in [4.78, 5) is 25.9. The molecule has 1 fully saturated rings. The van der Waals surface area contributed by atoms with Crippen LogP contribution in [0.2, 0.25) is 0 Å². The monoisotopic (exact) mass is 341 g/mol. The number of anilines is 3. The van der Waals surface area contributed by atoms with Crippen LogP contribution in [0.3, 0.4) is 0 Å². The van der Waals surface area contributed by atoms with Crippen LogP contribution in [-0.2, 0) is 4.79 Å². The first-order chi connectivity index (χ1) is 12.0. The zero-order valence-corrected chi connectivity index (χ0v) is 14.0. The minimum absolute atomic E-state index is 0.118. The molecular formula is C19H20FN3O2. The van der Waals surface area contributed by atoms with Gasteiger partial charge < -0.3 is 15.5 Å². The predicted octanol–water partition coefficient (Wildman–Crippen LogP) is 4.30. The fraction of sp³-hybridized carbons (Fsp3) is 0.263. The molecule has 0 unspecified atom stereocenters. The minimum atomic E-state index is -0.522. The van der Waals surface area contributed by atoms with E-state index in [-0.39, 0.29) is 11.6 Å². The quantitative estimate of drug-likeness (QED) is 0.874. The fourth-order valence-electron chi connectivity index (χ4n) is 2.94. The molecule has 25 heavy (non-hydrogen) atoms. The topological polar surface area (TPSA) is 61.4 Å². The van der Waals surface area contributed by atoms with Gasteiger partial charge >= 0.3 is 6.03 Å². The third-order valence-corrected chi connectivity index (χ3v) is 4.19. The lowest BCUT2D eigenvalue weighted by atomic mass is 10.1. The zero-order chi connectivity index (χ0) is 17.8. The van der Waals surface area contributed by atoms with Crippen molar-refractivity contribution in [3.63, 3.8) is 0 Å². The maximum Gasteiger partial charge on any atom is 0.323 e. The zero-order valence-electron chi connectivity index (χ0n) is 14.0. The predicted molar refractivity (Wildman–Crippen MR) is 96.4 cm³/mol. The summed E-state index contributed by atoms with van der Waals surface area (Å²) >= 11 is 0. The molecule has 1 saturated heterocycles. The van der Waals surface area contributed by atoms with Crippen molar-refractivity contribution in [2.75, 3.05) is 22.1 Å². The highest BCUT2D eigenvalue weighted by molar-refractivity contribution is 6.00. The number of carbonyl (C=O) groups is 2. The van der Waals surface area contributed by atoms with E-state index in [1.165, 1.54) is 12.1 Å². The third kappa shape index (κ3) is 3.96. The van der Waals surface area contributed by atoms with Gasteiger partial charge in [-0.1, -0.05) is 12.1 Å². The second-order valence-corrected chi connectivity index (χ2v) is 6.06. The summed E-state index contributed by atoms with van der Waals surface area (Å²) in [5.74, 6) is -0.361. The van der Waals surface area contributed by atoms with Gasteiger partial charge in [0, 0.05) is 24.3 Å². The molecule has 5 nitrogen and oxygen atoms in total. The molecule has 1 aliphatic heterocycles. The van der Waals surface area contributed by atoms with Gasteiger partial charge in [0.25, 0.3) is 0 Å². The number of halogens is 1. The molecule has 2 aromatic carbocycles. The Morgan fingerprint density at radius 3 is 2.64 bits per heavy atom. The van der Waals surface area contributed by atoms with Crippen LogP contribution in [0.5, 0.6) is 0 Å². The first-order valence-corrected chi connectivity index (χ1v) is 8.28. The average molecular weight is 341 g/mol. The Bertz CT molecular complexity index is 807. The summed E-state index contributed by atoms with van der Waals surface area (Å²) in [7, 11) is 0.